The Morgan fingerprint density at radius 2 is 2.31 bits per heavy atom. The van der Waals surface area contributed by atoms with Crippen molar-refractivity contribution in [3.63, 3.8) is 0 Å². The molecule has 4 heteroatoms. The summed E-state index contributed by atoms with van der Waals surface area (Å²) in [6.07, 6.45) is 2.99. The van der Waals surface area contributed by atoms with Crippen molar-refractivity contribution in [1.29, 1.82) is 0 Å². The first-order valence-corrected chi connectivity index (χ1v) is 5.75. The quantitative estimate of drug-likeness (QED) is 0.569. The molecule has 3 N–H and O–H groups in total. The molecule has 90 valence electrons. The van der Waals surface area contributed by atoms with Gasteiger partial charge in [-0.15, -0.1) is 0 Å². The number of anilines is 1. The number of pyridine rings is 1. The summed E-state index contributed by atoms with van der Waals surface area (Å²) in [5.74, 6) is 6.08. The molecule has 0 saturated carbocycles. The van der Waals surface area contributed by atoms with Crippen molar-refractivity contribution in [2.75, 3.05) is 19.0 Å². The average Bonchev–Trinajstić information content (AvgIpc) is 2.28. The number of nitrogens with one attached hydrogen (secondary N) is 1. The van der Waals surface area contributed by atoms with Gasteiger partial charge < -0.3 is 10.3 Å². The molecule has 0 aliphatic heterocycles. The van der Waals surface area contributed by atoms with Crippen LogP contribution in [0.5, 0.6) is 0 Å². The minimum atomic E-state index is 0.723. The molecule has 0 aromatic carbocycles. The summed E-state index contributed by atoms with van der Waals surface area (Å²) in [5.41, 5.74) is 4.58. The third-order valence-electron chi connectivity index (χ3n) is 2.74. The van der Waals surface area contributed by atoms with Crippen LogP contribution in [0.25, 0.3) is 0 Å². The van der Waals surface area contributed by atoms with Crippen molar-refractivity contribution in [3.05, 3.63) is 24.0 Å². The van der Waals surface area contributed by atoms with Gasteiger partial charge in [-0.1, -0.05) is 20.3 Å². The van der Waals surface area contributed by atoms with Crippen LogP contribution in [-0.4, -0.2) is 23.5 Å². The summed E-state index contributed by atoms with van der Waals surface area (Å²) in [6.45, 7) is 6.44. The Balaban J connectivity index is 2.51. The van der Waals surface area contributed by atoms with Crippen LogP contribution < -0.4 is 11.3 Å². The number of hydrogen-bond acceptors (Lipinski definition) is 4. The lowest BCUT2D eigenvalue weighted by Gasteiger charge is -2.20. The van der Waals surface area contributed by atoms with E-state index < -0.39 is 0 Å². The van der Waals surface area contributed by atoms with Crippen molar-refractivity contribution in [3.8, 4) is 0 Å². The molecule has 0 aliphatic carbocycles. The van der Waals surface area contributed by atoms with Crippen molar-refractivity contribution in [2.24, 2.45) is 11.8 Å². The minimum absolute atomic E-state index is 0.723. The van der Waals surface area contributed by atoms with Gasteiger partial charge in [0.1, 0.15) is 0 Å². The van der Waals surface area contributed by atoms with Gasteiger partial charge in [0.25, 0.3) is 0 Å². The molecule has 1 atom stereocenters. The van der Waals surface area contributed by atoms with E-state index in [0.717, 1.165) is 30.4 Å². The first kappa shape index (κ1) is 12.9. The maximum atomic E-state index is 5.36. The van der Waals surface area contributed by atoms with E-state index >= 15 is 0 Å². The van der Waals surface area contributed by atoms with Gasteiger partial charge in [0, 0.05) is 19.3 Å². The summed E-state index contributed by atoms with van der Waals surface area (Å²) < 4.78 is 0. The number of nitrogens with two attached hydrogens (primary N) is 1. The summed E-state index contributed by atoms with van der Waals surface area (Å²) in [6, 6.07) is 3.84. The lowest BCUT2D eigenvalue weighted by Crippen LogP contribution is -2.24. The number of rotatable bonds is 6. The van der Waals surface area contributed by atoms with Crippen molar-refractivity contribution in [2.45, 2.75) is 26.8 Å². The predicted octanol–water partition coefficient (Wildman–Crippen LogP) is 1.85. The zero-order chi connectivity index (χ0) is 12.0. The largest absolute Gasteiger partial charge is 0.324 e. The molecule has 16 heavy (non-hydrogen) atoms. The van der Waals surface area contributed by atoms with Crippen LogP contribution in [0.2, 0.25) is 0 Å². The highest BCUT2D eigenvalue weighted by Crippen LogP contribution is 2.09. The van der Waals surface area contributed by atoms with E-state index in [1.54, 1.807) is 6.20 Å². The normalized spacial score (nSPS) is 12.8. The molecule has 0 bridgehead atoms. The van der Waals surface area contributed by atoms with E-state index in [1.165, 1.54) is 6.42 Å². The van der Waals surface area contributed by atoms with Crippen LogP contribution in [0.15, 0.2) is 18.3 Å². The molecular formula is C12H22N4. The smallest absolute Gasteiger partial charge is 0.0564 e. The maximum absolute atomic E-state index is 5.36. The zero-order valence-corrected chi connectivity index (χ0v) is 10.4. The van der Waals surface area contributed by atoms with Gasteiger partial charge in [-0.2, -0.15) is 0 Å². The first-order valence-electron chi connectivity index (χ1n) is 5.75. The van der Waals surface area contributed by atoms with Crippen LogP contribution in [-0.2, 0) is 6.54 Å². The molecule has 4 nitrogen and oxygen atoms in total. The second kappa shape index (κ2) is 6.45. The molecule has 1 rings (SSSR count). The fourth-order valence-electron chi connectivity index (χ4n) is 1.66. The Kier molecular flexibility index (Phi) is 5.22. The highest BCUT2D eigenvalue weighted by molar-refractivity contribution is 5.41. The third-order valence-corrected chi connectivity index (χ3v) is 2.74. The Bertz CT molecular complexity index is 314. The molecule has 1 aromatic rings. The highest BCUT2D eigenvalue weighted by Gasteiger charge is 2.06. The van der Waals surface area contributed by atoms with Crippen LogP contribution in [0.4, 0.5) is 5.69 Å². The molecule has 0 radical (unpaired) electrons. The number of nitrogens with zero attached hydrogens (tertiary/aromatic N) is 2. The van der Waals surface area contributed by atoms with Crippen LogP contribution in [0.3, 0.4) is 0 Å². The summed E-state index contributed by atoms with van der Waals surface area (Å²) in [5, 5.41) is 0. The summed E-state index contributed by atoms with van der Waals surface area (Å²) in [4.78, 5) is 6.61. The Morgan fingerprint density at radius 3 is 2.94 bits per heavy atom. The first-order chi connectivity index (χ1) is 7.65. The fourth-order valence-corrected chi connectivity index (χ4v) is 1.66. The van der Waals surface area contributed by atoms with Gasteiger partial charge in [-0.25, -0.2) is 0 Å². The molecule has 0 spiro atoms. The van der Waals surface area contributed by atoms with Gasteiger partial charge >= 0.3 is 0 Å². The molecular weight excluding hydrogens is 200 g/mol. The van der Waals surface area contributed by atoms with Gasteiger partial charge in [-0.05, 0) is 25.1 Å². The summed E-state index contributed by atoms with van der Waals surface area (Å²) in [7, 11) is 2.12. The maximum Gasteiger partial charge on any atom is 0.0564 e. The van der Waals surface area contributed by atoms with E-state index in [-0.39, 0.29) is 0 Å². The number of hydrogen-bond donors (Lipinski definition) is 2. The molecule has 0 aliphatic rings. The van der Waals surface area contributed by atoms with Crippen molar-refractivity contribution < 1.29 is 0 Å². The Morgan fingerprint density at radius 1 is 1.56 bits per heavy atom. The topological polar surface area (TPSA) is 54.2 Å². The highest BCUT2D eigenvalue weighted by atomic mass is 15.2. The van der Waals surface area contributed by atoms with Gasteiger partial charge in [0.2, 0.25) is 0 Å². The van der Waals surface area contributed by atoms with Gasteiger partial charge in [0.15, 0.2) is 0 Å². The average molecular weight is 222 g/mol. The zero-order valence-electron chi connectivity index (χ0n) is 10.4. The van der Waals surface area contributed by atoms with Crippen molar-refractivity contribution >= 4 is 5.69 Å². The second-order valence-corrected chi connectivity index (χ2v) is 4.39. The van der Waals surface area contributed by atoms with E-state index in [9.17, 15) is 0 Å². The van der Waals surface area contributed by atoms with Crippen molar-refractivity contribution in [1.82, 2.24) is 9.88 Å². The summed E-state index contributed by atoms with van der Waals surface area (Å²) >= 11 is 0. The van der Waals surface area contributed by atoms with E-state index in [4.69, 9.17) is 5.84 Å². The number of aromatic nitrogens is 1. The minimum Gasteiger partial charge on any atom is -0.324 e. The van der Waals surface area contributed by atoms with Gasteiger partial charge in [-0.3, -0.25) is 10.8 Å². The molecule has 0 amide bonds. The van der Waals surface area contributed by atoms with Crippen LogP contribution in [0, 0.1) is 5.92 Å². The lowest BCUT2D eigenvalue weighted by atomic mass is 10.1. The Hall–Kier alpha value is -1.13. The standard InChI is InChI=1S/C12H22N4/c1-4-10(2)8-16(3)9-12-7-11(15-13)5-6-14-12/h5-7,10H,4,8-9,13H2,1-3H3,(H,14,15). The predicted molar refractivity (Wildman–Crippen MR) is 67.8 cm³/mol. The third kappa shape index (κ3) is 4.16. The fraction of sp³-hybridized carbons (Fsp3) is 0.583. The number of hydrazine groups is 1. The number of nitrogen functional groups attached to an aromatic ring is 1. The second-order valence-electron chi connectivity index (χ2n) is 4.39. The van der Waals surface area contributed by atoms with E-state index in [1.807, 2.05) is 12.1 Å². The SMILES string of the molecule is CCC(C)CN(C)Cc1cc(NN)ccn1. The molecule has 1 unspecified atom stereocenters. The lowest BCUT2D eigenvalue weighted by molar-refractivity contribution is 0.272. The molecule has 1 aromatic heterocycles. The monoisotopic (exact) mass is 222 g/mol. The molecule has 1 heterocycles. The molecule has 0 saturated heterocycles. The van der Waals surface area contributed by atoms with Gasteiger partial charge in [0.05, 0.1) is 11.4 Å². The van der Waals surface area contributed by atoms with Crippen LogP contribution in [0.1, 0.15) is 26.0 Å². The van der Waals surface area contributed by atoms with E-state index in [0.29, 0.717) is 0 Å². The van der Waals surface area contributed by atoms with E-state index in [2.05, 4.69) is 36.2 Å². The Labute approximate surface area is 97.8 Å². The van der Waals surface area contributed by atoms with Crippen LogP contribution >= 0.6 is 0 Å². The molecule has 0 fully saturated rings.